The second kappa shape index (κ2) is 9.63. The van der Waals surface area contributed by atoms with Crippen molar-refractivity contribution in [2.24, 2.45) is 0 Å². The Labute approximate surface area is 207 Å². The molecule has 8 heteroatoms. The Kier molecular flexibility index (Phi) is 6.07. The van der Waals surface area contributed by atoms with E-state index < -0.39 is 11.8 Å². The summed E-state index contributed by atoms with van der Waals surface area (Å²) in [6.07, 6.45) is 8.27. The number of aryl methyl sites for hydroxylation is 1. The zero-order valence-corrected chi connectivity index (χ0v) is 19.4. The van der Waals surface area contributed by atoms with Crippen molar-refractivity contribution < 1.29 is 9.59 Å². The first-order valence-electron chi connectivity index (χ1n) is 11.2. The van der Waals surface area contributed by atoms with Gasteiger partial charge in [-0.15, -0.1) is 0 Å². The normalized spacial score (nSPS) is 10.7. The van der Waals surface area contributed by atoms with Gasteiger partial charge in [-0.1, -0.05) is 30.3 Å². The number of carbonyl (C=O) groups is 2. The van der Waals surface area contributed by atoms with Gasteiger partial charge in [0.15, 0.2) is 0 Å². The molecular weight excluding hydrogens is 452 g/mol. The van der Waals surface area contributed by atoms with Crippen molar-refractivity contribution in [2.45, 2.75) is 6.92 Å². The van der Waals surface area contributed by atoms with Gasteiger partial charge in [0.05, 0.1) is 11.9 Å². The Morgan fingerprint density at radius 3 is 2.39 bits per heavy atom. The number of nitrogen functional groups attached to an aromatic ring is 1. The molecule has 3 aromatic heterocycles. The number of amides is 2. The number of nitrogens with zero attached hydrogens (tertiary/aromatic N) is 3. The summed E-state index contributed by atoms with van der Waals surface area (Å²) in [6.45, 7) is 2.00. The first-order valence-corrected chi connectivity index (χ1v) is 11.2. The van der Waals surface area contributed by atoms with Crippen LogP contribution in [0.3, 0.4) is 0 Å². The lowest BCUT2D eigenvalue weighted by molar-refractivity contribution is -0.133. The number of pyridine rings is 3. The summed E-state index contributed by atoms with van der Waals surface area (Å²) in [5, 5.41) is 6.66. The maximum absolute atomic E-state index is 12.6. The molecule has 4 N–H and O–H groups in total. The Balaban J connectivity index is 1.35. The van der Waals surface area contributed by atoms with E-state index in [9.17, 15) is 9.59 Å². The van der Waals surface area contributed by atoms with Crippen LogP contribution in [-0.2, 0) is 9.59 Å². The van der Waals surface area contributed by atoms with Gasteiger partial charge in [0.1, 0.15) is 5.82 Å². The summed E-state index contributed by atoms with van der Waals surface area (Å²) in [6, 6.07) is 18.8. The molecule has 0 unspecified atom stereocenters. The molecule has 176 valence electrons. The third-order valence-electron chi connectivity index (χ3n) is 5.77. The number of nitrogens with one attached hydrogen (secondary N) is 2. The van der Waals surface area contributed by atoms with Crippen molar-refractivity contribution in [3.05, 3.63) is 97.2 Å². The predicted molar refractivity (Wildman–Crippen MR) is 141 cm³/mol. The smallest absolute Gasteiger partial charge is 0.315 e. The van der Waals surface area contributed by atoms with Crippen LogP contribution in [0.5, 0.6) is 0 Å². The van der Waals surface area contributed by atoms with Gasteiger partial charge in [-0.3, -0.25) is 19.6 Å². The summed E-state index contributed by atoms with van der Waals surface area (Å²) in [5.74, 6) is -1.44. The lowest BCUT2D eigenvalue weighted by Gasteiger charge is -2.11. The molecule has 0 aliphatic heterocycles. The van der Waals surface area contributed by atoms with Crippen molar-refractivity contribution in [3.63, 3.8) is 0 Å². The molecule has 0 saturated heterocycles. The van der Waals surface area contributed by atoms with Gasteiger partial charge < -0.3 is 16.4 Å². The van der Waals surface area contributed by atoms with Crippen LogP contribution in [0.25, 0.3) is 33.0 Å². The Hall–Kier alpha value is -5.11. The number of benzene rings is 2. The van der Waals surface area contributed by atoms with Gasteiger partial charge in [0, 0.05) is 47.0 Å². The van der Waals surface area contributed by atoms with E-state index >= 15 is 0 Å². The summed E-state index contributed by atoms with van der Waals surface area (Å²) in [5.41, 5.74) is 11.9. The SMILES string of the molecule is Cc1ccncc1-c1cc(N)c2cnc(NC(=O)C(=O)Nc3cncc(-c4ccccc4)c3)cc2c1. The van der Waals surface area contributed by atoms with E-state index in [1.165, 1.54) is 6.20 Å². The zero-order chi connectivity index (χ0) is 25.1. The van der Waals surface area contributed by atoms with Crippen LogP contribution >= 0.6 is 0 Å². The molecule has 36 heavy (non-hydrogen) atoms. The highest BCUT2D eigenvalue weighted by atomic mass is 16.2. The van der Waals surface area contributed by atoms with Gasteiger partial charge in [0.2, 0.25) is 0 Å². The average molecular weight is 475 g/mol. The highest BCUT2D eigenvalue weighted by Gasteiger charge is 2.16. The molecule has 2 aromatic carbocycles. The van der Waals surface area contributed by atoms with Crippen LogP contribution in [0, 0.1) is 6.92 Å². The van der Waals surface area contributed by atoms with Crippen LogP contribution in [0.4, 0.5) is 17.2 Å². The Morgan fingerprint density at radius 2 is 1.58 bits per heavy atom. The molecule has 2 amide bonds. The van der Waals surface area contributed by atoms with Crippen molar-refractivity contribution >= 4 is 39.8 Å². The third-order valence-corrected chi connectivity index (χ3v) is 5.77. The van der Waals surface area contributed by atoms with Crippen LogP contribution < -0.4 is 16.4 Å². The lowest BCUT2D eigenvalue weighted by Crippen LogP contribution is -2.29. The second-order valence-electron chi connectivity index (χ2n) is 8.28. The summed E-state index contributed by atoms with van der Waals surface area (Å²) in [4.78, 5) is 37.8. The van der Waals surface area contributed by atoms with Crippen LogP contribution in [0.15, 0.2) is 91.6 Å². The van der Waals surface area contributed by atoms with Crippen LogP contribution in [-0.4, -0.2) is 26.8 Å². The number of hydrogen-bond acceptors (Lipinski definition) is 6. The number of aromatic nitrogens is 3. The summed E-state index contributed by atoms with van der Waals surface area (Å²) in [7, 11) is 0. The first-order chi connectivity index (χ1) is 17.5. The van der Waals surface area contributed by atoms with Crippen molar-refractivity contribution in [3.8, 4) is 22.3 Å². The third kappa shape index (κ3) is 4.74. The molecule has 0 bridgehead atoms. The lowest BCUT2D eigenvalue weighted by atomic mass is 9.99. The quantitative estimate of drug-likeness (QED) is 0.253. The van der Waals surface area contributed by atoms with Gasteiger partial charge >= 0.3 is 11.8 Å². The minimum atomic E-state index is -0.848. The minimum Gasteiger partial charge on any atom is -0.398 e. The minimum absolute atomic E-state index is 0.235. The Bertz CT molecular complexity index is 1600. The number of nitrogens with two attached hydrogens (primary N) is 1. The van der Waals surface area contributed by atoms with E-state index in [2.05, 4.69) is 25.6 Å². The van der Waals surface area contributed by atoms with E-state index in [-0.39, 0.29) is 5.82 Å². The first kappa shape index (κ1) is 22.7. The predicted octanol–water partition coefficient (Wildman–Crippen LogP) is 4.83. The van der Waals surface area contributed by atoms with Crippen molar-refractivity contribution in [1.82, 2.24) is 15.0 Å². The molecule has 8 nitrogen and oxygen atoms in total. The fourth-order valence-electron chi connectivity index (χ4n) is 3.93. The summed E-state index contributed by atoms with van der Waals surface area (Å²) < 4.78 is 0. The van der Waals surface area contributed by atoms with E-state index in [0.29, 0.717) is 11.4 Å². The topological polar surface area (TPSA) is 123 Å². The molecule has 0 atom stereocenters. The second-order valence-corrected chi connectivity index (χ2v) is 8.28. The molecule has 5 rings (SSSR count). The summed E-state index contributed by atoms with van der Waals surface area (Å²) >= 11 is 0. The monoisotopic (exact) mass is 474 g/mol. The molecule has 0 aliphatic carbocycles. The van der Waals surface area contributed by atoms with Gasteiger partial charge in [-0.25, -0.2) is 4.98 Å². The van der Waals surface area contributed by atoms with Gasteiger partial charge in [-0.05, 0) is 59.3 Å². The molecule has 5 aromatic rings. The molecule has 3 heterocycles. The fourth-order valence-corrected chi connectivity index (χ4v) is 3.93. The van der Waals surface area contributed by atoms with Gasteiger partial charge in [0.25, 0.3) is 0 Å². The largest absolute Gasteiger partial charge is 0.398 e. The van der Waals surface area contributed by atoms with E-state index in [4.69, 9.17) is 5.73 Å². The van der Waals surface area contributed by atoms with Crippen LogP contribution in [0.1, 0.15) is 5.56 Å². The molecule has 0 aliphatic rings. The maximum Gasteiger partial charge on any atom is 0.315 e. The number of carbonyl (C=O) groups excluding carboxylic acids is 2. The van der Waals surface area contributed by atoms with E-state index in [1.807, 2.05) is 55.5 Å². The highest BCUT2D eigenvalue weighted by Crippen LogP contribution is 2.31. The fraction of sp³-hybridized carbons (Fsp3) is 0.0357. The van der Waals surface area contributed by atoms with Gasteiger partial charge in [-0.2, -0.15) is 0 Å². The molecule has 0 saturated carbocycles. The molecule has 0 fully saturated rings. The highest BCUT2D eigenvalue weighted by molar-refractivity contribution is 6.43. The standard InChI is InChI=1S/C28H22N6O2/c1-17-7-8-30-15-23(17)19-9-20-12-26(32-16-24(20)25(29)11-19)34-28(36)27(35)33-22-10-21(13-31-14-22)18-5-3-2-4-6-18/h2-16H,29H2,1H3,(H,33,35)(H,32,34,36). The zero-order valence-electron chi connectivity index (χ0n) is 19.4. The number of fused-ring (bicyclic) bond motifs is 1. The average Bonchev–Trinajstić information content (AvgIpc) is 2.89. The van der Waals surface area contributed by atoms with E-state index in [1.54, 1.807) is 36.9 Å². The Morgan fingerprint density at radius 1 is 0.778 bits per heavy atom. The van der Waals surface area contributed by atoms with Crippen molar-refractivity contribution in [2.75, 3.05) is 16.4 Å². The van der Waals surface area contributed by atoms with Crippen LogP contribution in [0.2, 0.25) is 0 Å². The molecular formula is C28H22N6O2. The molecule has 0 spiro atoms. The van der Waals surface area contributed by atoms with Crippen molar-refractivity contribution in [1.29, 1.82) is 0 Å². The maximum atomic E-state index is 12.6. The molecule has 0 radical (unpaired) electrons. The van der Waals surface area contributed by atoms with E-state index in [0.717, 1.165) is 38.6 Å². The number of hydrogen-bond donors (Lipinski definition) is 3. The number of rotatable bonds is 4. The number of anilines is 3.